The number of carboxylic acid groups (broad SMARTS) is 1. The van der Waals surface area contributed by atoms with Crippen LogP contribution in [0.25, 0.3) is 22.2 Å². The molecule has 2 heterocycles. The number of hydrogen-bond donors (Lipinski definition) is 1. The number of aromatic carboxylic acids is 1. The van der Waals surface area contributed by atoms with Crippen molar-refractivity contribution in [2.45, 2.75) is 38.6 Å². The van der Waals surface area contributed by atoms with Gasteiger partial charge in [-0.25, -0.2) is 14.2 Å². The van der Waals surface area contributed by atoms with Crippen LogP contribution in [0.2, 0.25) is 0 Å². The maximum absolute atomic E-state index is 13.5. The van der Waals surface area contributed by atoms with E-state index in [1.165, 1.54) is 18.6 Å². The Morgan fingerprint density at radius 1 is 1.18 bits per heavy atom. The Morgan fingerprint density at radius 2 is 1.96 bits per heavy atom. The molecule has 2 aromatic carbocycles. The lowest BCUT2D eigenvalue weighted by molar-refractivity contribution is 0.0697. The van der Waals surface area contributed by atoms with Gasteiger partial charge < -0.3 is 10.0 Å². The second kappa shape index (κ2) is 7.58. The van der Waals surface area contributed by atoms with Crippen LogP contribution >= 0.6 is 0 Å². The molecule has 5 heteroatoms. The third-order valence-corrected chi connectivity index (χ3v) is 5.57. The van der Waals surface area contributed by atoms with Gasteiger partial charge in [0.2, 0.25) is 0 Å². The lowest BCUT2D eigenvalue weighted by Crippen LogP contribution is -2.39. The van der Waals surface area contributed by atoms with Gasteiger partial charge in [-0.05, 0) is 74.2 Å². The largest absolute Gasteiger partial charge is 0.478 e. The fourth-order valence-corrected chi connectivity index (χ4v) is 4.08. The molecule has 0 radical (unpaired) electrons. The molecule has 0 aliphatic carbocycles. The zero-order valence-electron chi connectivity index (χ0n) is 15.9. The van der Waals surface area contributed by atoms with E-state index in [1.807, 2.05) is 6.07 Å². The number of carbonyl (C=O) groups is 1. The predicted octanol–water partition coefficient (Wildman–Crippen LogP) is 5.51. The predicted molar refractivity (Wildman–Crippen MR) is 109 cm³/mol. The molecule has 1 saturated heterocycles. The maximum atomic E-state index is 13.5. The Hall–Kier alpha value is -2.95. The average Bonchev–Trinajstić information content (AvgIpc) is 2.73. The molecule has 0 spiro atoms. The number of fused-ring (bicyclic) bond motifs is 1. The molecule has 0 bridgehead atoms. The van der Waals surface area contributed by atoms with Crippen LogP contribution in [0.5, 0.6) is 0 Å². The molecule has 0 saturated carbocycles. The van der Waals surface area contributed by atoms with E-state index < -0.39 is 5.97 Å². The molecule has 3 aromatic rings. The topological polar surface area (TPSA) is 53.4 Å². The van der Waals surface area contributed by atoms with Gasteiger partial charge in [0.25, 0.3) is 0 Å². The first-order valence-electron chi connectivity index (χ1n) is 9.77. The number of pyridine rings is 1. The normalized spacial score (nSPS) is 17.1. The lowest BCUT2D eigenvalue weighted by Gasteiger charge is -2.38. The molecule has 1 atom stereocenters. The van der Waals surface area contributed by atoms with E-state index in [4.69, 9.17) is 4.98 Å². The van der Waals surface area contributed by atoms with Crippen molar-refractivity contribution in [3.8, 4) is 11.3 Å². The molecule has 1 fully saturated rings. The van der Waals surface area contributed by atoms with Crippen LogP contribution in [-0.2, 0) is 0 Å². The second-order valence-electron chi connectivity index (χ2n) is 7.33. The van der Waals surface area contributed by atoms with Crippen molar-refractivity contribution >= 4 is 22.6 Å². The number of anilines is 1. The summed E-state index contributed by atoms with van der Waals surface area (Å²) in [6.07, 6.45) is 4.50. The van der Waals surface area contributed by atoms with Gasteiger partial charge in [0, 0.05) is 23.5 Å². The van der Waals surface area contributed by atoms with Gasteiger partial charge in [0.1, 0.15) is 5.82 Å². The van der Waals surface area contributed by atoms with Gasteiger partial charge in [-0.15, -0.1) is 0 Å². The van der Waals surface area contributed by atoms with Crippen molar-refractivity contribution in [2.75, 3.05) is 11.4 Å². The summed E-state index contributed by atoms with van der Waals surface area (Å²) in [5.74, 6) is -1.22. The SMILES string of the molecule is CCC1CCCCN1c1cc2cc(C(=O)O)ccc2nc1-c1ccc(F)cc1. The average molecular weight is 378 g/mol. The lowest BCUT2D eigenvalue weighted by atomic mass is 9.97. The van der Waals surface area contributed by atoms with Crippen LogP contribution in [0.1, 0.15) is 43.0 Å². The first kappa shape index (κ1) is 18.4. The summed E-state index contributed by atoms with van der Waals surface area (Å²) >= 11 is 0. The van der Waals surface area contributed by atoms with Crippen LogP contribution in [0.4, 0.5) is 10.1 Å². The van der Waals surface area contributed by atoms with Crippen molar-refractivity contribution in [3.05, 3.63) is 59.9 Å². The minimum absolute atomic E-state index is 0.250. The first-order chi connectivity index (χ1) is 13.6. The molecule has 1 unspecified atom stereocenters. The first-order valence-corrected chi connectivity index (χ1v) is 9.77. The molecule has 28 heavy (non-hydrogen) atoms. The van der Waals surface area contributed by atoms with E-state index in [-0.39, 0.29) is 11.4 Å². The number of benzene rings is 2. The Morgan fingerprint density at radius 3 is 2.68 bits per heavy atom. The van der Waals surface area contributed by atoms with Crippen LogP contribution in [0.3, 0.4) is 0 Å². The Labute approximate surface area is 163 Å². The Kier molecular flexibility index (Phi) is 4.99. The van der Waals surface area contributed by atoms with Crippen LogP contribution in [0.15, 0.2) is 48.5 Å². The highest BCUT2D eigenvalue weighted by Crippen LogP contribution is 2.36. The van der Waals surface area contributed by atoms with E-state index in [2.05, 4.69) is 11.8 Å². The van der Waals surface area contributed by atoms with Crippen molar-refractivity contribution in [1.82, 2.24) is 4.98 Å². The second-order valence-corrected chi connectivity index (χ2v) is 7.33. The number of halogens is 1. The van der Waals surface area contributed by atoms with Gasteiger partial charge in [-0.1, -0.05) is 6.92 Å². The number of nitrogens with zero attached hydrogens (tertiary/aromatic N) is 2. The molecule has 144 valence electrons. The number of rotatable bonds is 4. The standard InChI is InChI=1S/C23H23FN2O2/c1-2-19-5-3-4-12-26(19)21-14-17-13-16(23(27)28)8-11-20(17)25-22(21)15-6-9-18(24)10-7-15/h6-11,13-14,19H,2-5,12H2,1H3,(H,27,28). The smallest absolute Gasteiger partial charge is 0.335 e. The van der Waals surface area contributed by atoms with E-state index in [9.17, 15) is 14.3 Å². The van der Waals surface area contributed by atoms with Gasteiger partial charge in [0.05, 0.1) is 22.5 Å². The van der Waals surface area contributed by atoms with Gasteiger partial charge in [-0.2, -0.15) is 0 Å². The summed E-state index contributed by atoms with van der Waals surface area (Å²) < 4.78 is 13.5. The summed E-state index contributed by atoms with van der Waals surface area (Å²) in [5, 5.41) is 10.1. The van der Waals surface area contributed by atoms with E-state index >= 15 is 0 Å². The molecular weight excluding hydrogens is 355 g/mol. The minimum atomic E-state index is -0.949. The van der Waals surface area contributed by atoms with Crippen molar-refractivity contribution in [3.63, 3.8) is 0 Å². The molecular formula is C23H23FN2O2. The monoisotopic (exact) mass is 378 g/mol. The summed E-state index contributed by atoms with van der Waals surface area (Å²) in [6, 6.07) is 13.9. The molecule has 4 nitrogen and oxygen atoms in total. The zero-order valence-corrected chi connectivity index (χ0v) is 15.9. The van der Waals surface area contributed by atoms with Crippen LogP contribution < -0.4 is 4.90 Å². The quantitative estimate of drug-likeness (QED) is 0.650. The van der Waals surface area contributed by atoms with Crippen molar-refractivity contribution in [1.29, 1.82) is 0 Å². The van der Waals surface area contributed by atoms with Crippen molar-refractivity contribution in [2.24, 2.45) is 0 Å². The number of carboxylic acids is 1. The summed E-state index contributed by atoms with van der Waals surface area (Å²) in [6.45, 7) is 3.13. The highest BCUT2D eigenvalue weighted by molar-refractivity contribution is 5.96. The van der Waals surface area contributed by atoms with E-state index in [0.717, 1.165) is 53.7 Å². The van der Waals surface area contributed by atoms with E-state index in [1.54, 1.807) is 30.3 Å². The van der Waals surface area contributed by atoms with Gasteiger partial charge in [0.15, 0.2) is 0 Å². The third kappa shape index (κ3) is 3.44. The highest BCUT2D eigenvalue weighted by Gasteiger charge is 2.25. The molecule has 1 aliphatic rings. The van der Waals surface area contributed by atoms with Crippen LogP contribution in [-0.4, -0.2) is 28.6 Å². The van der Waals surface area contributed by atoms with Gasteiger partial charge in [-0.3, -0.25) is 0 Å². The van der Waals surface area contributed by atoms with Gasteiger partial charge >= 0.3 is 5.97 Å². The molecule has 4 rings (SSSR count). The fourth-order valence-electron chi connectivity index (χ4n) is 4.08. The molecule has 1 aliphatic heterocycles. The van der Waals surface area contributed by atoms with E-state index in [0.29, 0.717) is 6.04 Å². The number of piperidine rings is 1. The summed E-state index contributed by atoms with van der Waals surface area (Å²) in [5.41, 5.74) is 3.66. The summed E-state index contributed by atoms with van der Waals surface area (Å²) in [4.78, 5) is 18.6. The Bertz CT molecular complexity index is 1020. The molecule has 1 N–H and O–H groups in total. The zero-order chi connectivity index (χ0) is 19.7. The van der Waals surface area contributed by atoms with Crippen LogP contribution in [0, 0.1) is 5.82 Å². The number of aromatic nitrogens is 1. The molecule has 1 aromatic heterocycles. The number of hydrogen-bond acceptors (Lipinski definition) is 3. The minimum Gasteiger partial charge on any atom is -0.478 e. The maximum Gasteiger partial charge on any atom is 0.335 e. The van der Waals surface area contributed by atoms with Crippen molar-refractivity contribution < 1.29 is 14.3 Å². The Balaban J connectivity index is 1.92. The molecule has 0 amide bonds. The third-order valence-electron chi connectivity index (χ3n) is 5.57. The fraction of sp³-hybridized carbons (Fsp3) is 0.304. The summed E-state index contributed by atoms with van der Waals surface area (Å²) in [7, 11) is 0. The highest BCUT2D eigenvalue weighted by atomic mass is 19.1.